The molecule has 3 rings (SSSR count). The molecule has 18 heavy (non-hydrogen) atoms. The summed E-state index contributed by atoms with van der Waals surface area (Å²) in [5, 5.41) is 0.975. The van der Waals surface area contributed by atoms with Gasteiger partial charge in [0.25, 0.3) is 0 Å². The molecule has 0 saturated heterocycles. The number of halogens is 1. The third-order valence-electron chi connectivity index (χ3n) is 3.05. The Hall–Kier alpha value is -1.86. The van der Waals surface area contributed by atoms with Crippen molar-refractivity contribution in [2.75, 3.05) is 0 Å². The van der Waals surface area contributed by atoms with Gasteiger partial charge in [0.1, 0.15) is 0 Å². The van der Waals surface area contributed by atoms with Gasteiger partial charge < -0.3 is 0 Å². The molecular weight excluding hydrogens is 242 g/mol. The van der Waals surface area contributed by atoms with Gasteiger partial charge in [-0.25, -0.2) is 0 Å². The molecule has 0 aliphatic carbocycles. The number of alkyl halides is 1. The number of pyridine rings is 1. The Bertz CT molecular complexity index is 659. The highest BCUT2D eigenvalue weighted by Crippen LogP contribution is 2.32. The van der Waals surface area contributed by atoms with E-state index < -0.39 is 0 Å². The third-order valence-corrected chi connectivity index (χ3v) is 3.54. The van der Waals surface area contributed by atoms with Crippen molar-refractivity contribution in [3.63, 3.8) is 0 Å². The maximum absolute atomic E-state index is 6.58. The van der Waals surface area contributed by atoms with Crippen molar-refractivity contribution in [1.82, 2.24) is 4.98 Å². The zero-order chi connectivity index (χ0) is 12.4. The Labute approximate surface area is 111 Å². The number of para-hydroxylation sites is 1. The van der Waals surface area contributed by atoms with E-state index in [1.165, 1.54) is 0 Å². The van der Waals surface area contributed by atoms with Crippen LogP contribution in [0.4, 0.5) is 0 Å². The topological polar surface area (TPSA) is 12.9 Å². The van der Waals surface area contributed by atoms with Crippen molar-refractivity contribution in [2.45, 2.75) is 5.38 Å². The molecule has 1 nitrogen and oxygen atoms in total. The van der Waals surface area contributed by atoms with Crippen LogP contribution in [0, 0.1) is 0 Å². The molecule has 0 saturated carbocycles. The third kappa shape index (κ3) is 1.98. The summed E-state index contributed by atoms with van der Waals surface area (Å²) >= 11 is 6.58. The van der Waals surface area contributed by atoms with E-state index in [4.69, 9.17) is 11.6 Å². The molecule has 2 heteroatoms. The van der Waals surface area contributed by atoms with Gasteiger partial charge in [0, 0.05) is 11.6 Å². The van der Waals surface area contributed by atoms with Crippen molar-refractivity contribution in [3.8, 4) is 0 Å². The Balaban J connectivity index is 2.15. The fraction of sp³-hybridized carbons (Fsp3) is 0.0625. The predicted molar refractivity (Wildman–Crippen MR) is 75.9 cm³/mol. The summed E-state index contributed by atoms with van der Waals surface area (Å²) in [4.78, 5) is 4.36. The number of benzene rings is 2. The van der Waals surface area contributed by atoms with Gasteiger partial charge in [-0.2, -0.15) is 0 Å². The van der Waals surface area contributed by atoms with Crippen molar-refractivity contribution >= 4 is 22.5 Å². The minimum Gasteiger partial charge on any atom is -0.256 e. The summed E-state index contributed by atoms with van der Waals surface area (Å²) in [7, 11) is 0. The van der Waals surface area contributed by atoms with Crippen LogP contribution in [0.1, 0.15) is 16.5 Å². The van der Waals surface area contributed by atoms with Crippen molar-refractivity contribution < 1.29 is 0 Å². The number of rotatable bonds is 2. The molecule has 0 fully saturated rings. The minimum absolute atomic E-state index is 0.140. The monoisotopic (exact) mass is 253 g/mol. The fourth-order valence-electron chi connectivity index (χ4n) is 2.14. The lowest BCUT2D eigenvalue weighted by atomic mass is 10.0. The first-order chi connectivity index (χ1) is 8.86. The quantitative estimate of drug-likeness (QED) is 0.610. The van der Waals surface area contributed by atoms with Crippen LogP contribution in [0.25, 0.3) is 10.9 Å². The number of hydrogen-bond donors (Lipinski definition) is 0. The van der Waals surface area contributed by atoms with Gasteiger partial charge in [0.05, 0.1) is 10.9 Å². The number of hydrogen-bond acceptors (Lipinski definition) is 1. The molecule has 1 atom stereocenters. The Morgan fingerprint density at radius 3 is 2.39 bits per heavy atom. The molecule has 88 valence electrons. The number of aromatic nitrogens is 1. The smallest absolute Gasteiger partial charge is 0.0842 e. The second-order valence-electron chi connectivity index (χ2n) is 4.19. The molecule has 0 aliphatic rings. The summed E-state index contributed by atoms with van der Waals surface area (Å²) < 4.78 is 0. The first-order valence-corrected chi connectivity index (χ1v) is 6.32. The first kappa shape index (κ1) is 11.2. The molecule has 2 aromatic carbocycles. The molecule has 0 bridgehead atoms. The molecular formula is C16H12ClN. The lowest BCUT2D eigenvalue weighted by molar-refractivity contribution is 1.15. The molecule has 0 N–H and O–H groups in total. The molecule has 1 unspecified atom stereocenters. The summed E-state index contributed by atoms with van der Waals surface area (Å²) in [6, 6.07) is 20.2. The van der Waals surface area contributed by atoms with Crippen LogP contribution >= 0.6 is 11.6 Å². The average molecular weight is 254 g/mol. The van der Waals surface area contributed by atoms with Crippen LogP contribution in [-0.4, -0.2) is 4.98 Å². The van der Waals surface area contributed by atoms with Gasteiger partial charge >= 0.3 is 0 Å². The van der Waals surface area contributed by atoms with Crippen LogP contribution in [0.2, 0.25) is 0 Å². The Kier molecular flexibility index (Phi) is 2.99. The van der Waals surface area contributed by atoms with Gasteiger partial charge in [0.15, 0.2) is 0 Å². The highest BCUT2D eigenvalue weighted by Gasteiger charge is 2.13. The van der Waals surface area contributed by atoms with Gasteiger partial charge in [0.2, 0.25) is 0 Å². The van der Waals surface area contributed by atoms with Crippen LogP contribution in [-0.2, 0) is 0 Å². The van der Waals surface area contributed by atoms with E-state index in [1.807, 2.05) is 60.8 Å². The van der Waals surface area contributed by atoms with Crippen LogP contribution in [0.3, 0.4) is 0 Å². The molecule has 1 aromatic heterocycles. The highest BCUT2D eigenvalue weighted by molar-refractivity contribution is 6.23. The zero-order valence-corrected chi connectivity index (χ0v) is 10.5. The van der Waals surface area contributed by atoms with E-state index in [-0.39, 0.29) is 5.38 Å². The van der Waals surface area contributed by atoms with Crippen LogP contribution in [0.5, 0.6) is 0 Å². The second-order valence-corrected chi connectivity index (χ2v) is 4.63. The zero-order valence-electron chi connectivity index (χ0n) is 9.75. The normalized spacial score (nSPS) is 12.5. The Morgan fingerprint density at radius 1 is 0.833 bits per heavy atom. The molecule has 0 radical (unpaired) electrons. The Morgan fingerprint density at radius 2 is 1.56 bits per heavy atom. The van der Waals surface area contributed by atoms with Crippen molar-refractivity contribution in [1.29, 1.82) is 0 Å². The molecule has 3 aromatic rings. The van der Waals surface area contributed by atoms with E-state index in [9.17, 15) is 0 Å². The summed E-state index contributed by atoms with van der Waals surface area (Å²) in [6.45, 7) is 0. The van der Waals surface area contributed by atoms with E-state index in [0.717, 1.165) is 22.0 Å². The van der Waals surface area contributed by atoms with Gasteiger partial charge in [-0.15, -0.1) is 11.6 Å². The highest BCUT2D eigenvalue weighted by atomic mass is 35.5. The molecule has 1 heterocycles. The van der Waals surface area contributed by atoms with Gasteiger partial charge in [-0.1, -0.05) is 48.5 Å². The predicted octanol–water partition coefficient (Wildman–Crippen LogP) is 4.56. The van der Waals surface area contributed by atoms with Crippen molar-refractivity contribution in [3.05, 3.63) is 78.0 Å². The summed E-state index contributed by atoms with van der Waals surface area (Å²) in [5.74, 6) is 0. The van der Waals surface area contributed by atoms with E-state index in [1.54, 1.807) is 0 Å². The first-order valence-electron chi connectivity index (χ1n) is 5.89. The lowest BCUT2D eigenvalue weighted by Crippen LogP contribution is -1.95. The van der Waals surface area contributed by atoms with Crippen molar-refractivity contribution in [2.24, 2.45) is 0 Å². The van der Waals surface area contributed by atoms with E-state index in [2.05, 4.69) is 11.1 Å². The van der Waals surface area contributed by atoms with Crippen LogP contribution < -0.4 is 0 Å². The summed E-state index contributed by atoms with van der Waals surface area (Å²) in [5.41, 5.74) is 3.19. The molecule has 0 aliphatic heterocycles. The standard InChI is InChI=1S/C16H12ClN/c17-16(12-6-2-1-3-7-12)14-10-11-18-15-9-5-4-8-13(14)15/h1-11,16H. The van der Waals surface area contributed by atoms with Gasteiger partial charge in [-0.3, -0.25) is 4.98 Å². The van der Waals surface area contributed by atoms with Gasteiger partial charge in [-0.05, 0) is 23.3 Å². The molecule has 0 amide bonds. The second kappa shape index (κ2) is 4.79. The minimum atomic E-state index is -0.140. The fourth-order valence-corrected chi connectivity index (χ4v) is 2.48. The summed E-state index contributed by atoms with van der Waals surface area (Å²) in [6.07, 6.45) is 1.82. The average Bonchev–Trinajstić information content (AvgIpc) is 2.47. The largest absolute Gasteiger partial charge is 0.256 e. The van der Waals surface area contributed by atoms with Crippen LogP contribution in [0.15, 0.2) is 66.9 Å². The number of fused-ring (bicyclic) bond motifs is 1. The number of nitrogens with zero attached hydrogens (tertiary/aromatic N) is 1. The van der Waals surface area contributed by atoms with E-state index in [0.29, 0.717) is 0 Å². The van der Waals surface area contributed by atoms with E-state index >= 15 is 0 Å². The maximum atomic E-state index is 6.58. The molecule has 0 spiro atoms. The SMILES string of the molecule is ClC(c1ccccc1)c1ccnc2ccccc12. The maximum Gasteiger partial charge on any atom is 0.0842 e. The lowest BCUT2D eigenvalue weighted by Gasteiger charge is -2.12.